The number of allylic oxidation sites excluding steroid dienone is 4. The van der Waals surface area contributed by atoms with Gasteiger partial charge >= 0.3 is 0 Å². The molecule has 0 bridgehead atoms. The molecule has 4 N–H and O–H groups in total. The van der Waals surface area contributed by atoms with Crippen molar-refractivity contribution in [2.75, 3.05) is 31.8 Å². The third kappa shape index (κ3) is 8.36. The van der Waals surface area contributed by atoms with E-state index in [4.69, 9.17) is 15.2 Å². The maximum atomic E-state index is 14.2. The molecular weight excluding hydrogens is 503 g/mol. The van der Waals surface area contributed by atoms with Gasteiger partial charge in [-0.15, -0.1) is 0 Å². The van der Waals surface area contributed by atoms with E-state index >= 15 is 0 Å². The molecule has 3 rings (SSSR count). The van der Waals surface area contributed by atoms with Crippen LogP contribution < -0.4 is 16.4 Å². The molecule has 0 radical (unpaired) electrons. The summed E-state index contributed by atoms with van der Waals surface area (Å²) in [4.78, 5) is 4.39. The van der Waals surface area contributed by atoms with Gasteiger partial charge in [0.2, 0.25) is 0 Å². The zero-order valence-corrected chi connectivity index (χ0v) is 23.7. The number of nitrogens with one attached hydrogen (secondary N) is 2. The van der Waals surface area contributed by atoms with Crippen molar-refractivity contribution in [1.82, 2.24) is 10.3 Å². The van der Waals surface area contributed by atoms with Gasteiger partial charge in [-0.25, -0.2) is 9.37 Å². The lowest BCUT2D eigenvalue weighted by Gasteiger charge is -2.11. The van der Waals surface area contributed by atoms with Gasteiger partial charge in [0.05, 0.1) is 20.5 Å². The predicted molar refractivity (Wildman–Crippen MR) is 165 cm³/mol. The molecule has 0 aliphatic rings. The number of nitrogens with two attached hydrogens (primary N) is 1. The summed E-state index contributed by atoms with van der Waals surface area (Å²) >= 11 is 0. The molecule has 1 heterocycles. The fraction of sp³-hybridized carbons (Fsp3) is 0.182. The SMILES string of the molecule is C=C(/C=C\C(=C/OC)c1cnc(N)c(-c2ccc(NC/C(C)=C/N/C=C(\C)c3ccc(C)cc3F)cc2)c1)OC. The summed E-state index contributed by atoms with van der Waals surface area (Å²) in [5.74, 6) is 0.742. The number of ether oxygens (including phenoxy) is 2. The first-order valence-electron chi connectivity index (χ1n) is 12.8. The molecule has 0 aliphatic carbocycles. The molecule has 208 valence electrons. The van der Waals surface area contributed by atoms with Crippen molar-refractivity contribution < 1.29 is 13.9 Å². The van der Waals surface area contributed by atoms with E-state index in [9.17, 15) is 4.39 Å². The zero-order valence-electron chi connectivity index (χ0n) is 23.7. The Balaban J connectivity index is 1.66. The highest BCUT2D eigenvalue weighted by atomic mass is 19.1. The maximum absolute atomic E-state index is 14.2. The summed E-state index contributed by atoms with van der Waals surface area (Å²) in [6, 6.07) is 15.2. The third-order valence-electron chi connectivity index (χ3n) is 6.15. The van der Waals surface area contributed by atoms with E-state index in [0.717, 1.165) is 44.7 Å². The number of aromatic nitrogens is 1. The van der Waals surface area contributed by atoms with Crippen LogP contribution in [-0.4, -0.2) is 25.7 Å². The fourth-order valence-electron chi connectivity index (χ4n) is 3.83. The molecule has 0 saturated heterocycles. The second-order valence-corrected chi connectivity index (χ2v) is 9.37. The van der Waals surface area contributed by atoms with E-state index < -0.39 is 0 Å². The number of hydrogen-bond acceptors (Lipinski definition) is 6. The van der Waals surface area contributed by atoms with E-state index in [1.54, 1.807) is 51.1 Å². The molecule has 0 aliphatic heterocycles. The lowest BCUT2D eigenvalue weighted by molar-refractivity contribution is 0.309. The van der Waals surface area contributed by atoms with E-state index in [1.165, 1.54) is 0 Å². The molecule has 0 fully saturated rings. The topological polar surface area (TPSA) is 81.4 Å². The summed E-state index contributed by atoms with van der Waals surface area (Å²) < 4.78 is 24.5. The molecule has 2 aromatic carbocycles. The number of methoxy groups -OCH3 is 2. The van der Waals surface area contributed by atoms with Gasteiger partial charge in [-0.05, 0) is 79.5 Å². The van der Waals surface area contributed by atoms with Crippen LogP contribution in [0.25, 0.3) is 22.3 Å². The molecule has 0 atom stereocenters. The van der Waals surface area contributed by atoms with Crippen LogP contribution >= 0.6 is 0 Å². The lowest BCUT2D eigenvalue weighted by atomic mass is 10.0. The number of nitrogens with zero attached hydrogens (tertiary/aromatic N) is 1. The first kappa shape index (κ1) is 29.8. The minimum atomic E-state index is -0.220. The molecule has 0 saturated carbocycles. The Hall–Kier alpha value is -4.78. The summed E-state index contributed by atoms with van der Waals surface area (Å²) in [7, 11) is 3.16. The van der Waals surface area contributed by atoms with Crippen LogP contribution in [0.4, 0.5) is 15.9 Å². The van der Waals surface area contributed by atoms with Crippen molar-refractivity contribution in [1.29, 1.82) is 0 Å². The maximum Gasteiger partial charge on any atom is 0.131 e. The number of halogens is 1. The van der Waals surface area contributed by atoms with E-state index in [1.807, 2.05) is 69.4 Å². The van der Waals surface area contributed by atoms with Crippen molar-refractivity contribution in [3.05, 3.63) is 126 Å². The molecule has 3 aromatic rings. The van der Waals surface area contributed by atoms with Gasteiger partial charge < -0.3 is 25.8 Å². The number of rotatable bonds is 12. The van der Waals surface area contributed by atoms with E-state index in [0.29, 0.717) is 23.7 Å². The standard InChI is InChI=1S/C33H37FN4O2/c1-22-7-14-30(32(34)15-22)24(3)19-36-17-23(2)18-37-29-12-10-26(11-13-29)31-16-28(20-38-33(31)35)27(21-39-5)9-8-25(4)40-6/h7-17,19-21,36-37H,4,18H2,1-3,5-6H3,(H2,35,38)/b9-8-,23-17+,24-19+,27-21+. The monoisotopic (exact) mass is 540 g/mol. The first-order chi connectivity index (χ1) is 19.2. The summed E-state index contributed by atoms with van der Waals surface area (Å²) in [6.45, 7) is 10.2. The van der Waals surface area contributed by atoms with Crippen molar-refractivity contribution in [3.8, 4) is 11.1 Å². The Kier molecular flexibility index (Phi) is 10.7. The summed E-state index contributed by atoms with van der Waals surface area (Å²) in [5.41, 5.74) is 14.0. The van der Waals surface area contributed by atoms with Gasteiger partial charge in [-0.2, -0.15) is 0 Å². The molecule has 0 unspecified atom stereocenters. The number of anilines is 2. The van der Waals surface area contributed by atoms with Crippen LogP contribution in [0.15, 0.2) is 103 Å². The largest absolute Gasteiger partial charge is 0.504 e. The Morgan fingerprint density at radius 1 is 1.05 bits per heavy atom. The molecule has 0 spiro atoms. The number of hydrogen-bond donors (Lipinski definition) is 3. The van der Waals surface area contributed by atoms with E-state index in [2.05, 4.69) is 22.2 Å². The van der Waals surface area contributed by atoms with Gasteiger partial charge in [0.1, 0.15) is 17.4 Å². The minimum Gasteiger partial charge on any atom is -0.504 e. The van der Waals surface area contributed by atoms with Crippen molar-refractivity contribution in [2.24, 2.45) is 0 Å². The van der Waals surface area contributed by atoms with Crippen molar-refractivity contribution >= 4 is 22.7 Å². The van der Waals surface area contributed by atoms with Crippen LogP contribution in [0.5, 0.6) is 0 Å². The number of aryl methyl sites for hydroxylation is 1. The molecule has 0 amide bonds. The summed E-state index contributed by atoms with van der Waals surface area (Å²) in [5, 5.41) is 6.57. The van der Waals surface area contributed by atoms with Gasteiger partial charge in [-0.1, -0.05) is 30.8 Å². The van der Waals surface area contributed by atoms with Gasteiger partial charge in [-0.3, -0.25) is 0 Å². The average molecular weight is 541 g/mol. The predicted octanol–water partition coefficient (Wildman–Crippen LogP) is 7.45. The molecular formula is C33H37FN4O2. The minimum absolute atomic E-state index is 0.220. The van der Waals surface area contributed by atoms with Crippen molar-refractivity contribution in [2.45, 2.75) is 20.8 Å². The Morgan fingerprint density at radius 2 is 1.80 bits per heavy atom. The number of nitrogen functional groups attached to an aromatic ring is 1. The van der Waals surface area contributed by atoms with Crippen LogP contribution in [0.2, 0.25) is 0 Å². The number of pyridine rings is 1. The third-order valence-corrected chi connectivity index (χ3v) is 6.15. The highest BCUT2D eigenvalue weighted by Crippen LogP contribution is 2.29. The normalized spacial score (nSPS) is 12.4. The quantitative estimate of drug-likeness (QED) is 0.164. The highest BCUT2D eigenvalue weighted by molar-refractivity contribution is 5.81. The Morgan fingerprint density at radius 3 is 2.48 bits per heavy atom. The number of benzene rings is 2. The van der Waals surface area contributed by atoms with Gasteiger partial charge in [0.25, 0.3) is 0 Å². The molecule has 6 nitrogen and oxygen atoms in total. The molecule has 1 aromatic heterocycles. The average Bonchev–Trinajstić information content (AvgIpc) is 2.94. The first-order valence-corrected chi connectivity index (χ1v) is 12.8. The lowest BCUT2D eigenvalue weighted by Crippen LogP contribution is -2.06. The highest BCUT2D eigenvalue weighted by Gasteiger charge is 2.09. The fourth-order valence-corrected chi connectivity index (χ4v) is 3.83. The van der Waals surface area contributed by atoms with Crippen LogP contribution in [0, 0.1) is 12.7 Å². The summed E-state index contributed by atoms with van der Waals surface area (Å²) in [6.07, 6.45) is 10.6. The Bertz CT molecular complexity index is 1450. The molecule has 7 heteroatoms. The van der Waals surface area contributed by atoms with Crippen LogP contribution in [0.3, 0.4) is 0 Å². The second-order valence-electron chi connectivity index (χ2n) is 9.37. The van der Waals surface area contributed by atoms with Crippen molar-refractivity contribution in [3.63, 3.8) is 0 Å². The smallest absolute Gasteiger partial charge is 0.131 e. The van der Waals surface area contributed by atoms with Gasteiger partial charge in [0, 0.05) is 53.1 Å². The van der Waals surface area contributed by atoms with Crippen LogP contribution in [-0.2, 0) is 9.47 Å². The van der Waals surface area contributed by atoms with Gasteiger partial charge in [0.15, 0.2) is 0 Å². The Labute approximate surface area is 236 Å². The van der Waals surface area contributed by atoms with Crippen LogP contribution in [0.1, 0.15) is 30.5 Å². The van der Waals surface area contributed by atoms with E-state index in [-0.39, 0.29) is 5.82 Å². The molecule has 40 heavy (non-hydrogen) atoms. The second kappa shape index (κ2) is 14.4. The zero-order chi connectivity index (χ0) is 29.1.